The van der Waals surface area contributed by atoms with Gasteiger partial charge in [0.15, 0.2) is 0 Å². The summed E-state index contributed by atoms with van der Waals surface area (Å²) in [5.74, 6) is 0.634. The van der Waals surface area contributed by atoms with Crippen LogP contribution in [0.4, 0.5) is 5.95 Å². The van der Waals surface area contributed by atoms with Gasteiger partial charge in [-0.1, -0.05) is 12.5 Å². The molecule has 0 radical (unpaired) electrons. The molecule has 5 nitrogen and oxygen atoms in total. The van der Waals surface area contributed by atoms with E-state index in [1.165, 1.54) is 0 Å². The van der Waals surface area contributed by atoms with Gasteiger partial charge in [-0.15, -0.1) is 6.58 Å². The Morgan fingerprint density at radius 3 is 3.17 bits per heavy atom. The van der Waals surface area contributed by atoms with Gasteiger partial charge >= 0.3 is 0 Å². The van der Waals surface area contributed by atoms with E-state index in [4.69, 9.17) is 0 Å². The third-order valence-electron chi connectivity index (χ3n) is 3.34. The molecular formula is C13H20N4O. The van der Waals surface area contributed by atoms with Gasteiger partial charge in [-0.05, 0) is 19.4 Å². The molecule has 98 valence electrons. The zero-order valence-electron chi connectivity index (χ0n) is 10.8. The van der Waals surface area contributed by atoms with Crippen LogP contribution < -0.4 is 5.32 Å². The Bertz CT molecular complexity index is 426. The number of nitrogens with zero attached hydrogens (tertiary/aromatic N) is 3. The molecule has 0 bridgehead atoms. The molecule has 18 heavy (non-hydrogen) atoms. The van der Waals surface area contributed by atoms with E-state index < -0.39 is 0 Å². The van der Waals surface area contributed by atoms with E-state index in [0.717, 1.165) is 32.4 Å². The quantitative estimate of drug-likeness (QED) is 0.819. The number of hydrogen-bond donors (Lipinski definition) is 1. The largest absolute Gasteiger partial charge is 0.320 e. The summed E-state index contributed by atoms with van der Waals surface area (Å²) in [4.78, 5) is 18.6. The van der Waals surface area contributed by atoms with E-state index >= 15 is 0 Å². The number of rotatable bonds is 4. The zero-order valence-corrected chi connectivity index (χ0v) is 10.8. The fourth-order valence-electron chi connectivity index (χ4n) is 2.35. The van der Waals surface area contributed by atoms with Crippen LogP contribution in [0.15, 0.2) is 25.0 Å². The summed E-state index contributed by atoms with van der Waals surface area (Å²) >= 11 is 0. The molecule has 1 aromatic heterocycles. The van der Waals surface area contributed by atoms with Crippen LogP contribution in [0, 0.1) is 0 Å². The lowest BCUT2D eigenvalue weighted by atomic mass is 10.0. The van der Waals surface area contributed by atoms with Gasteiger partial charge in [-0.25, -0.2) is 4.98 Å². The van der Waals surface area contributed by atoms with Gasteiger partial charge in [-0.3, -0.25) is 15.0 Å². The topological polar surface area (TPSA) is 50.2 Å². The second-order valence-corrected chi connectivity index (χ2v) is 4.65. The molecule has 5 heteroatoms. The molecule has 0 saturated carbocycles. The van der Waals surface area contributed by atoms with Crippen LogP contribution in [0.2, 0.25) is 0 Å². The maximum atomic E-state index is 12.3. The molecule has 1 atom stereocenters. The molecule has 2 rings (SSSR count). The number of anilines is 1. The third-order valence-corrected chi connectivity index (χ3v) is 3.34. The highest BCUT2D eigenvalue weighted by molar-refractivity contribution is 5.93. The van der Waals surface area contributed by atoms with Crippen molar-refractivity contribution in [3.8, 4) is 0 Å². The minimum absolute atomic E-state index is 0.0332. The third kappa shape index (κ3) is 2.79. The molecule has 1 aliphatic rings. The number of imidazole rings is 1. The highest BCUT2D eigenvalue weighted by Crippen LogP contribution is 2.18. The Labute approximate surface area is 107 Å². The van der Waals surface area contributed by atoms with E-state index in [-0.39, 0.29) is 11.9 Å². The molecule has 0 unspecified atom stereocenters. The summed E-state index contributed by atoms with van der Waals surface area (Å²) in [6, 6.07) is -0.0616. The Morgan fingerprint density at radius 1 is 1.67 bits per heavy atom. The van der Waals surface area contributed by atoms with E-state index in [1.807, 2.05) is 19.3 Å². The van der Waals surface area contributed by atoms with Gasteiger partial charge in [0.25, 0.3) is 0 Å². The minimum atomic E-state index is -0.0616. The van der Waals surface area contributed by atoms with Crippen molar-refractivity contribution >= 4 is 11.9 Å². The molecule has 2 heterocycles. The van der Waals surface area contributed by atoms with Crippen molar-refractivity contribution in [1.82, 2.24) is 14.5 Å². The normalized spacial score (nSPS) is 20.6. The van der Waals surface area contributed by atoms with Crippen LogP contribution in [0.5, 0.6) is 0 Å². The first-order valence-electron chi connectivity index (χ1n) is 6.35. The van der Waals surface area contributed by atoms with Crippen molar-refractivity contribution in [2.45, 2.75) is 25.3 Å². The lowest BCUT2D eigenvalue weighted by Gasteiger charge is -2.33. The van der Waals surface area contributed by atoms with Gasteiger partial charge in [-0.2, -0.15) is 0 Å². The maximum absolute atomic E-state index is 12.3. The van der Waals surface area contributed by atoms with Crippen LogP contribution in [0.3, 0.4) is 0 Å². The van der Waals surface area contributed by atoms with E-state index in [0.29, 0.717) is 5.95 Å². The minimum Gasteiger partial charge on any atom is -0.320 e. The number of carbonyl (C=O) groups is 1. The van der Waals surface area contributed by atoms with Crippen LogP contribution in [0.1, 0.15) is 19.3 Å². The Morgan fingerprint density at radius 2 is 2.50 bits per heavy atom. The molecule has 1 amide bonds. The van der Waals surface area contributed by atoms with Gasteiger partial charge < -0.3 is 4.57 Å². The Balaban J connectivity index is 2.02. The predicted molar refractivity (Wildman–Crippen MR) is 71.2 cm³/mol. The summed E-state index contributed by atoms with van der Waals surface area (Å²) in [7, 11) is 1.87. The van der Waals surface area contributed by atoms with Gasteiger partial charge in [0.05, 0.1) is 6.04 Å². The highest BCUT2D eigenvalue weighted by atomic mass is 16.2. The number of aromatic nitrogens is 2. The van der Waals surface area contributed by atoms with E-state index in [9.17, 15) is 4.79 Å². The van der Waals surface area contributed by atoms with E-state index in [1.54, 1.807) is 10.8 Å². The first-order chi connectivity index (χ1) is 8.72. The molecule has 1 N–H and O–H groups in total. The molecule has 1 fully saturated rings. The van der Waals surface area contributed by atoms with Crippen molar-refractivity contribution in [3.05, 3.63) is 25.0 Å². The average molecular weight is 248 g/mol. The van der Waals surface area contributed by atoms with Crippen molar-refractivity contribution in [1.29, 1.82) is 0 Å². The predicted octanol–water partition coefficient (Wildman–Crippen LogP) is 1.40. The van der Waals surface area contributed by atoms with E-state index in [2.05, 4.69) is 21.8 Å². The number of hydrogen-bond acceptors (Lipinski definition) is 3. The smallest absolute Gasteiger partial charge is 0.244 e. The molecule has 0 aliphatic carbocycles. The second-order valence-electron chi connectivity index (χ2n) is 4.65. The summed E-state index contributed by atoms with van der Waals surface area (Å²) < 4.78 is 1.80. The number of likely N-dealkylation sites (tertiary alicyclic amines) is 1. The van der Waals surface area contributed by atoms with Crippen LogP contribution in [0.25, 0.3) is 0 Å². The summed E-state index contributed by atoms with van der Waals surface area (Å²) in [5.41, 5.74) is 0. The fraction of sp³-hybridized carbons (Fsp3) is 0.538. The fourth-order valence-corrected chi connectivity index (χ4v) is 2.35. The Kier molecular flexibility index (Phi) is 4.15. The summed E-state index contributed by atoms with van der Waals surface area (Å²) in [5, 5.41) is 2.89. The number of carbonyl (C=O) groups excluding carboxylic acids is 1. The lowest BCUT2D eigenvalue weighted by Crippen LogP contribution is -2.47. The molecular weight excluding hydrogens is 228 g/mol. The molecule has 0 aromatic carbocycles. The molecule has 1 saturated heterocycles. The van der Waals surface area contributed by atoms with Crippen molar-refractivity contribution in [2.24, 2.45) is 7.05 Å². The Hall–Kier alpha value is -1.62. The monoisotopic (exact) mass is 248 g/mol. The molecule has 0 spiro atoms. The van der Waals surface area contributed by atoms with Gasteiger partial charge in [0.1, 0.15) is 0 Å². The van der Waals surface area contributed by atoms with Crippen LogP contribution >= 0.6 is 0 Å². The van der Waals surface area contributed by atoms with Crippen molar-refractivity contribution in [3.63, 3.8) is 0 Å². The maximum Gasteiger partial charge on any atom is 0.244 e. The first-order valence-corrected chi connectivity index (χ1v) is 6.35. The van der Waals surface area contributed by atoms with Gasteiger partial charge in [0.2, 0.25) is 11.9 Å². The summed E-state index contributed by atoms with van der Waals surface area (Å²) in [6.45, 7) is 5.47. The number of piperidine rings is 1. The zero-order chi connectivity index (χ0) is 13.0. The second kappa shape index (κ2) is 5.82. The SMILES string of the molecule is C=CCN1CCCC[C@H]1C(=O)Nc1nccn1C. The van der Waals surface area contributed by atoms with Gasteiger partial charge in [0, 0.05) is 26.0 Å². The van der Waals surface area contributed by atoms with Crippen molar-refractivity contribution < 1.29 is 4.79 Å². The standard InChI is InChI=1S/C13H20N4O/c1-3-8-17-9-5-4-6-11(17)12(18)15-13-14-7-10-16(13)2/h3,7,10-11H,1,4-6,8-9H2,2H3,(H,14,15,18)/t11-/m0/s1. The number of amides is 1. The number of aryl methyl sites for hydroxylation is 1. The van der Waals surface area contributed by atoms with Crippen molar-refractivity contribution in [2.75, 3.05) is 18.4 Å². The first kappa shape index (κ1) is 12.8. The summed E-state index contributed by atoms with van der Waals surface area (Å²) in [6.07, 6.45) is 8.51. The molecule has 1 aliphatic heterocycles. The van der Waals surface area contributed by atoms with Crippen LogP contribution in [-0.4, -0.2) is 39.5 Å². The lowest BCUT2D eigenvalue weighted by molar-refractivity contribution is -0.122. The molecule has 1 aromatic rings. The van der Waals surface area contributed by atoms with Crippen LogP contribution in [-0.2, 0) is 11.8 Å². The highest BCUT2D eigenvalue weighted by Gasteiger charge is 2.28. The average Bonchev–Trinajstić information content (AvgIpc) is 2.76. The number of nitrogens with one attached hydrogen (secondary N) is 1.